The van der Waals surface area contributed by atoms with Crippen LogP contribution < -0.4 is 5.32 Å². The SMILES string of the molecule is CCn1cc(C(=O)NCC2(OC)CCC(C)CC2)c(C(F)(F)F)n1. The van der Waals surface area contributed by atoms with E-state index < -0.39 is 28.9 Å². The Morgan fingerprint density at radius 2 is 2.08 bits per heavy atom. The minimum Gasteiger partial charge on any atom is -0.376 e. The Bertz CT molecular complexity index is 576. The molecule has 8 heteroatoms. The fourth-order valence-corrected chi connectivity index (χ4v) is 3.04. The third-order valence-corrected chi connectivity index (χ3v) is 4.79. The lowest BCUT2D eigenvalue weighted by atomic mass is 9.79. The topological polar surface area (TPSA) is 56.2 Å². The van der Waals surface area contributed by atoms with Crippen LogP contribution in [0.4, 0.5) is 13.2 Å². The van der Waals surface area contributed by atoms with Crippen molar-refractivity contribution in [3.63, 3.8) is 0 Å². The number of methoxy groups -OCH3 is 1. The maximum Gasteiger partial charge on any atom is 0.435 e. The smallest absolute Gasteiger partial charge is 0.376 e. The lowest BCUT2D eigenvalue weighted by Crippen LogP contribution is -2.46. The first kappa shape index (κ1) is 18.8. The zero-order valence-electron chi connectivity index (χ0n) is 14.2. The highest BCUT2D eigenvalue weighted by Gasteiger charge is 2.40. The van der Waals surface area contributed by atoms with E-state index in [2.05, 4.69) is 17.3 Å². The first-order valence-corrected chi connectivity index (χ1v) is 8.19. The van der Waals surface area contributed by atoms with Crippen molar-refractivity contribution in [1.82, 2.24) is 15.1 Å². The lowest BCUT2D eigenvalue weighted by Gasteiger charge is -2.38. The highest BCUT2D eigenvalue weighted by molar-refractivity contribution is 5.95. The molecule has 24 heavy (non-hydrogen) atoms. The number of hydrogen-bond acceptors (Lipinski definition) is 3. The third kappa shape index (κ3) is 4.09. The molecule has 1 heterocycles. The van der Waals surface area contributed by atoms with E-state index in [0.29, 0.717) is 5.92 Å². The van der Waals surface area contributed by atoms with Gasteiger partial charge < -0.3 is 10.1 Å². The van der Waals surface area contributed by atoms with Gasteiger partial charge in [-0.15, -0.1) is 0 Å². The van der Waals surface area contributed by atoms with Gasteiger partial charge in [0.1, 0.15) is 0 Å². The number of aryl methyl sites for hydroxylation is 1. The molecule has 1 aromatic rings. The average molecular weight is 347 g/mol. The second-order valence-electron chi connectivity index (χ2n) is 6.50. The molecule has 1 saturated carbocycles. The van der Waals surface area contributed by atoms with Crippen LogP contribution in [0, 0.1) is 5.92 Å². The van der Waals surface area contributed by atoms with Gasteiger partial charge in [-0.3, -0.25) is 9.48 Å². The van der Waals surface area contributed by atoms with E-state index in [0.717, 1.165) is 36.6 Å². The van der Waals surface area contributed by atoms with Crippen molar-refractivity contribution in [3.05, 3.63) is 17.5 Å². The van der Waals surface area contributed by atoms with Gasteiger partial charge in [-0.1, -0.05) is 6.92 Å². The minimum absolute atomic E-state index is 0.198. The number of carbonyl (C=O) groups excluding carboxylic acids is 1. The van der Waals surface area contributed by atoms with Gasteiger partial charge >= 0.3 is 6.18 Å². The van der Waals surface area contributed by atoms with Gasteiger partial charge in [0.15, 0.2) is 5.69 Å². The number of ether oxygens (including phenoxy) is 1. The molecule has 0 atom stereocenters. The van der Waals surface area contributed by atoms with Crippen molar-refractivity contribution in [1.29, 1.82) is 0 Å². The van der Waals surface area contributed by atoms with Crippen molar-refractivity contribution in [3.8, 4) is 0 Å². The monoisotopic (exact) mass is 347 g/mol. The van der Waals surface area contributed by atoms with Crippen molar-refractivity contribution < 1.29 is 22.7 Å². The number of rotatable bonds is 5. The Hall–Kier alpha value is -1.57. The number of alkyl halides is 3. The largest absolute Gasteiger partial charge is 0.435 e. The summed E-state index contributed by atoms with van der Waals surface area (Å²) in [6.07, 6.45) is 0.0000351. The summed E-state index contributed by atoms with van der Waals surface area (Å²) in [6, 6.07) is 0. The highest BCUT2D eigenvalue weighted by Crippen LogP contribution is 2.34. The summed E-state index contributed by atoms with van der Waals surface area (Å²) in [5, 5.41) is 6.07. The quantitative estimate of drug-likeness (QED) is 0.890. The maximum absolute atomic E-state index is 13.1. The van der Waals surface area contributed by atoms with Crippen molar-refractivity contribution in [2.45, 2.75) is 57.9 Å². The molecule has 0 bridgehead atoms. The standard InChI is InChI=1S/C16H24F3N3O2/c1-4-22-9-12(13(21-22)16(17,18)19)14(23)20-10-15(24-3)7-5-11(2)6-8-15/h9,11H,4-8,10H2,1-3H3,(H,20,23). The minimum atomic E-state index is -4.66. The molecule has 1 amide bonds. The van der Waals surface area contributed by atoms with E-state index in [1.807, 2.05) is 0 Å². The second kappa shape index (κ2) is 7.13. The average Bonchev–Trinajstić information content (AvgIpc) is 2.99. The summed E-state index contributed by atoms with van der Waals surface area (Å²) in [4.78, 5) is 12.3. The van der Waals surface area contributed by atoms with Crippen molar-refractivity contribution in [2.75, 3.05) is 13.7 Å². The third-order valence-electron chi connectivity index (χ3n) is 4.79. The molecule has 1 aliphatic carbocycles. The zero-order valence-corrected chi connectivity index (χ0v) is 14.2. The molecule has 0 spiro atoms. The van der Waals surface area contributed by atoms with Gasteiger partial charge in [0, 0.05) is 26.4 Å². The highest BCUT2D eigenvalue weighted by atomic mass is 19.4. The molecule has 0 saturated heterocycles. The number of nitrogens with one attached hydrogen (secondary N) is 1. The van der Waals surface area contributed by atoms with E-state index in [4.69, 9.17) is 4.74 Å². The molecule has 5 nitrogen and oxygen atoms in total. The summed E-state index contributed by atoms with van der Waals surface area (Å²) in [6.45, 7) is 4.28. The summed E-state index contributed by atoms with van der Waals surface area (Å²) in [5.41, 5.74) is -2.09. The molecular weight excluding hydrogens is 323 g/mol. The van der Waals surface area contributed by atoms with Gasteiger partial charge in [0.2, 0.25) is 0 Å². The Morgan fingerprint density at radius 1 is 1.46 bits per heavy atom. The van der Waals surface area contributed by atoms with Gasteiger partial charge in [-0.25, -0.2) is 0 Å². The van der Waals surface area contributed by atoms with Gasteiger partial charge in [-0.2, -0.15) is 18.3 Å². The lowest BCUT2D eigenvalue weighted by molar-refractivity contribution is -0.141. The molecule has 0 unspecified atom stereocenters. The molecule has 1 fully saturated rings. The number of amides is 1. The molecule has 1 aromatic heterocycles. The van der Waals surface area contributed by atoms with Crippen LogP contribution in [-0.2, 0) is 17.5 Å². The first-order valence-electron chi connectivity index (χ1n) is 8.19. The predicted octanol–water partition coefficient (Wildman–Crippen LogP) is 3.25. The van der Waals surface area contributed by atoms with Gasteiger partial charge in [-0.05, 0) is 38.5 Å². The Labute approximate surface area is 139 Å². The summed E-state index contributed by atoms with van der Waals surface area (Å²) < 4.78 is 45.9. The molecule has 1 N–H and O–H groups in total. The first-order chi connectivity index (χ1) is 11.2. The number of hydrogen-bond donors (Lipinski definition) is 1. The van der Waals surface area contributed by atoms with Crippen LogP contribution in [0.15, 0.2) is 6.20 Å². The second-order valence-corrected chi connectivity index (χ2v) is 6.50. The molecule has 1 aliphatic rings. The Morgan fingerprint density at radius 3 is 2.58 bits per heavy atom. The molecule has 2 rings (SSSR count). The van der Waals surface area contributed by atoms with E-state index in [1.54, 1.807) is 14.0 Å². The van der Waals surface area contributed by atoms with Crippen molar-refractivity contribution in [2.24, 2.45) is 5.92 Å². The van der Waals surface area contributed by atoms with Gasteiger partial charge in [0.05, 0.1) is 11.2 Å². The van der Waals surface area contributed by atoms with Gasteiger partial charge in [0.25, 0.3) is 5.91 Å². The fourth-order valence-electron chi connectivity index (χ4n) is 3.04. The predicted molar refractivity (Wildman–Crippen MR) is 82.6 cm³/mol. The summed E-state index contributed by atoms with van der Waals surface area (Å²) in [5.74, 6) is -0.166. The van der Waals surface area contributed by atoms with E-state index in [1.165, 1.54) is 0 Å². The fraction of sp³-hybridized carbons (Fsp3) is 0.750. The van der Waals surface area contributed by atoms with Crippen LogP contribution >= 0.6 is 0 Å². The Balaban J connectivity index is 2.11. The Kier molecular flexibility index (Phi) is 5.57. The summed E-state index contributed by atoms with van der Waals surface area (Å²) >= 11 is 0. The van der Waals surface area contributed by atoms with Crippen LogP contribution in [0.2, 0.25) is 0 Å². The molecule has 136 valence electrons. The van der Waals surface area contributed by atoms with Crippen LogP contribution in [-0.4, -0.2) is 34.9 Å². The van der Waals surface area contributed by atoms with Crippen LogP contribution in [0.5, 0.6) is 0 Å². The van der Waals surface area contributed by atoms with E-state index >= 15 is 0 Å². The van der Waals surface area contributed by atoms with E-state index in [9.17, 15) is 18.0 Å². The van der Waals surface area contributed by atoms with Crippen LogP contribution in [0.25, 0.3) is 0 Å². The summed E-state index contributed by atoms with van der Waals surface area (Å²) in [7, 11) is 1.58. The van der Waals surface area contributed by atoms with E-state index in [-0.39, 0.29) is 13.1 Å². The molecule has 0 aromatic carbocycles. The number of carbonyl (C=O) groups is 1. The van der Waals surface area contributed by atoms with Crippen LogP contribution in [0.1, 0.15) is 55.6 Å². The molecule has 0 aliphatic heterocycles. The number of aromatic nitrogens is 2. The maximum atomic E-state index is 13.1. The number of halogens is 3. The van der Waals surface area contributed by atoms with Crippen molar-refractivity contribution >= 4 is 5.91 Å². The zero-order chi connectivity index (χ0) is 18.0. The normalized spacial score (nSPS) is 24.8. The van der Waals surface area contributed by atoms with Crippen LogP contribution in [0.3, 0.4) is 0 Å². The molecule has 0 radical (unpaired) electrons. The number of nitrogens with zero attached hydrogens (tertiary/aromatic N) is 2. The molecular formula is C16H24F3N3O2.